The number of hydrogen-bond acceptors (Lipinski definition) is 4. The molecule has 7 nitrogen and oxygen atoms in total. The molecule has 0 radical (unpaired) electrons. The van der Waals surface area contributed by atoms with Crippen molar-refractivity contribution < 1.29 is 9.59 Å². The second kappa shape index (κ2) is 6.34. The highest BCUT2D eigenvalue weighted by molar-refractivity contribution is 7.15. The first kappa shape index (κ1) is 16.0. The molecule has 0 fully saturated rings. The number of amides is 3. The number of fused-ring (bicyclic) bond motifs is 1. The molecule has 0 bridgehead atoms. The molecule has 24 heavy (non-hydrogen) atoms. The lowest BCUT2D eigenvalue weighted by Gasteiger charge is -2.00. The topological polar surface area (TPSA) is 126 Å². The number of carbonyl (C=O) groups excluding carboxylic acids is 2. The van der Waals surface area contributed by atoms with Crippen molar-refractivity contribution in [3.8, 4) is 10.4 Å². The number of aromatic nitrogens is 1. The molecule has 0 saturated carbocycles. The van der Waals surface area contributed by atoms with Crippen molar-refractivity contribution in [1.29, 1.82) is 0 Å². The summed E-state index contributed by atoms with van der Waals surface area (Å²) < 4.78 is 0. The number of primary amides is 2. The van der Waals surface area contributed by atoms with Crippen LogP contribution in [0.15, 0.2) is 30.3 Å². The predicted octanol–water partition coefficient (Wildman–Crippen LogP) is 2.21. The predicted molar refractivity (Wildman–Crippen MR) is 96.1 cm³/mol. The molecule has 7 N–H and O–H groups in total. The molecule has 3 aromatic rings. The number of hydrogen-bond donors (Lipinski definition) is 5. The van der Waals surface area contributed by atoms with Gasteiger partial charge in [0.2, 0.25) is 0 Å². The summed E-state index contributed by atoms with van der Waals surface area (Å²) in [5.41, 5.74) is 12.5. The van der Waals surface area contributed by atoms with Gasteiger partial charge in [-0.2, -0.15) is 0 Å². The molecule has 124 valence electrons. The summed E-state index contributed by atoms with van der Waals surface area (Å²) in [5, 5.41) is 6.16. The number of rotatable bonds is 5. The zero-order valence-corrected chi connectivity index (χ0v) is 13.8. The van der Waals surface area contributed by atoms with Crippen LogP contribution in [0, 0.1) is 0 Å². The Morgan fingerprint density at radius 1 is 1.21 bits per heavy atom. The van der Waals surface area contributed by atoms with Crippen LogP contribution in [-0.4, -0.2) is 24.0 Å². The Morgan fingerprint density at radius 2 is 2.00 bits per heavy atom. The van der Waals surface area contributed by atoms with E-state index in [2.05, 4.69) is 27.8 Å². The normalized spacial score (nSPS) is 10.9. The van der Waals surface area contributed by atoms with Gasteiger partial charge in [0.15, 0.2) is 0 Å². The number of H-pyrrole nitrogens is 1. The minimum Gasteiger partial charge on any atom is -0.365 e. The van der Waals surface area contributed by atoms with Crippen LogP contribution < -0.4 is 22.1 Å². The van der Waals surface area contributed by atoms with E-state index in [-0.39, 0.29) is 11.4 Å². The van der Waals surface area contributed by atoms with Crippen molar-refractivity contribution >= 4 is 40.0 Å². The van der Waals surface area contributed by atoms with Crippen molar-refractivity contribution in [3.63, 3.8) is 0 Å². The Labute approximate surface area is 142 Å². The van der Waals surface area contributed by atoms with E-state index in [0.29, 0.717) is 10.9 Å². The van der Waals surface area contributed by atoms with Crippen LogP contribution in [0.25, 0.3) is 21.3 Å². The Kier molecular flexibility index (Phi) is 4.24. The first-order valence-corrected chi connectivity index (χ1v) is 8.07. The fraction of sp³-hybridized carbons (Fsp3) is 0.125. The summed E-state index contributed by atoms with van der Waals surface area (Å²) >= 11 is 1.69. The molecule has 0 aliphatic rings. The van der Waals surface area contributed by atoms with Gasteiger partial charge in [0.05, 0.1) is 5.56 Å². The van der Waals surface area contributed by atoms with E-state index >= 15 is 0 Å². The van der Waals surface area contributed by atoms with E-state index < -0.39 is 11.9 Å². The quantitative estimate of drug-likeness (QED) is 0.487. The van der Waals surface area contributed by atoms with Crippen molar-refractivity contribution in [2.75, 3.05) is 12.4 Å². The van der Waals surface area contributed by atoms with E-state index in [9.17, 15) is 9.59 Å². The number of aromatic amines is 1. The van der Waals surface area contributed by atoms with Gasteiger partial charge in [-0.05, 0) is 30.8 Å². The third-order valence-electron chi connectivity index (χ3n) is 3.59. The van der Waals surface area contributed by atoms with E-state index in [1.54, 1.807) is 11.3 Å². The van der Waals surface area contributed by atoms with Crippen LogP contribution in [0.1, 0.15) is 15.2 Å². The average Bonchev–Trinajstić information content (AvgIpc) is 3.10. The molecule has 3 rings (SSSR count). The van der Waals surface area contributed by atoms with Crippen molar-refractivity contribution in [1.82, 2.24) is 10.3 Å². The molecule has 0 aliphatic carbocycles. The number of thiophene rings is 1. The molecule has 3 amide bonds. The van der Waals surface area contributed by atoms with Crippen molar-refractivity contribution in [3.05, 3.63) is 40.8 Å². The molecular formula is C16H17N5O2S. The Bertz CT molecular complexity index is 928. The maximum Gasteiger partial charge on any atom is 0.317 e. The Balaban J connectivity index is 2.07. The van der Waals surface area contributed by atoms with Crippen molar-refractivity contribution in [2.24, 2.45) is 11.5 Å². The summed E-state index contributed by atoms with van der Waals surface area (Å²) in [6.07, 6.45) is 0. The summed E-state index contributed by atoms with van der Waals surface area (Å²) in [6, 6.07) is 9.02. The van der Waals surface area contributed by atoms with Crippen molar-refractivity contribution in [2.45, 2.75) is 6.54 Å². The number of anilines is 1. The SMILES string of the molecule is CNCc1ccc(-c2ccc3c(C(N)=O)c(NC(N)=O)[nH]c3c2)s1. The second-order valence-corrected chi connectivity index (χ2v) is 6.45. The standard InChI is InChI=1S/C16H17N5O2S/c1-19-7-9-3-5-12(24-9)8-2-4-10-11(6-8)20-15(21-16(18)23)13(10)14(17)22/h2-6,19-20H,7H2,1H3,(H2,17,22)(H3,18,21,23). The molecule has 1 aromatic carbocycles. The van der Waals surface area contributed by atoms with E-state index in [0.717, 1.165) is 17.0 Å². The highest BCUT2D eigenvalue weighted by Gasteiger charge is 2.18. The van der Waals surface area contributed by atoms with Gasteiger partial charge in [0.1, 0.15) is 5.82 Å². The third-order valence-corrected chi connectivity index (χ3v) is 4.72. The van der Waals surface area contributed by atoms with Gasteiger partial charge in [0, 0.05) is 27.2 Å². The fourth-order valence-corrected chi connectivity index (χ4v) is 3.64. The zero-order chi connectivity index (χ0) is 17.3. The van der Waals surface area contributed by atoms with Crippen LogP contribution in [0.4, 0.5) is 10.6 Å². The van der Waals surface area contributed by atoms with Crippen LogP contribution in [0.3, 0.4) is 0 Å². The van der Waals surface area contributed by atoms with Gasteiger partial charge in [-0.25, -0.2) is 4.79 Å². The van der Waals surface area contributed by atoms with Crippen LogP contribution in [0.5, 0.6) is 0 Å². The van der Waals surface area contributed by atoms with E-state index in [4.69, 9.17) is 11.5 Å². The lowest BCUT2D eigenvalue weighted by Crippen LogP contribution is -2.22. The first-order valence-electron chi connectivity index (χ1n) is 7.25. The van der Waals surface area contributed by atoms with E-state index in [1.165, 1.54) is 4.88 Å². The van der Waals surface area contributed by atoms with Gasteiger partial charge < -0.3 is 21.8 Å². The number of benzene rings is 1. The monoisotopic (exact) mass is 343 g/mol. The minimum absolute atomic E-state index is 0.212. The molecule has 2 heterocycles. The molecule has 2 aromatic heterocycles. The summed E-state index contributed by atoms with van der Waals surface area (Å²) in [4.78, 5) is 28.2. The number of nitrogens with two attached hydrogens (primary N) is 2. The molecule has 8 heteroatoms. The fourth-order valence-electron chi connectivity index (χ4n) is 2.63. The molecule has 0 saturated heterocycles. The van der Waals surface area contributed by atoms with Crippen LogP contribution in [0.2, 0.25) is 0 Å². The minimum atomic E-state index is -0.765. The van der Waals surface area contributed by atoms with Gasteiger partial charge in [-0.1, -0.05) is 12.1 Å². The summed E-state index contributed by atoms with van der Waals surface area (Å²) in [6.45, 7) is 0.813. The Hall–Kier alpha value is -2.84. The summed E-state index contributed by atoms with van der Waals surface area (Å²) in [5.74, 6) is -0.422. The number of carbonyl (C=O) groups is 2. The van der Waals surface area contributed by atoms with Crippen LogP contribution >= 0.6 is 11.3 Å². The first-order chi connectivity index (χ1) is 11.5. The van der Waals surface area contributed by atoms with E-state index in [1.807, 2.05) is 25.2 Å². The Morgan fingerprint density at radius 3 is 2.67 bits per heavy atom. The summed E-state index contributed by atoms with van der Waals surface area (Å²) in [7, 11) is 1.91. The average molecular weight is 343 g/mol. The molecular weight excluding hydrogens is 326 g/mol. The van der Waals surface area contributed by atoms with Gasteiger partial charge in [-0.15, -0.1) is 11.3 Å². The highest BCUT2D eigenvalue weighted by Crippen LogP contribution is 2.33. The van der Waals surface area contributed by atoms with Gasteiger partial charge >= 0.3 is 6.03 Å². The molecule has 0 atom stereocenters. The van der Waals surface area contributed by atoms with Gasteiger partial charge in [0.25, 0.3) is 5.91 Å². The third kappa shape index (κ3) is 2.97. The lowest BCUT2D eigenvalue weighted by atomic mass is 10.1. The molecule has 0 aliphatic heterocycles. The zero-order valence-electron chi connectivity index (χ0n) is 13.0. The lowest BCUT2D eigenvalue weighted by molar-refractivity contribution is 0.100. The van der Waals surface area contributed by atoms with Crippen LogP contribution in [-0.2, 0) is 6.54 Å². The largest absolute Gasteiger partial charge is 0.365 e. The number of nitrogens with one attached hydrogen (secondary N) is 3. The maximum absolute atomic E-state index is 11.7. The molecule has 0 spiro atoms. The smallest absolute Gasteiger partial charge is 0.317 e. The maximum atomic E-state index is 11.7. The molecule has 0 unspecified atom stereocenters. The highest BCUT2D eigenvalue weighted by atomic mass is 32.1. The second-order valence-electron chi connectivity index (χ2n) is 5.29. The van der Waals surface area contributed by atoms with Gasteiger partial charge in [-0.3, -0.25) is 10.1 Å². The number of urea groups is 1.